The number of pyridine rings is 1. The number of carbonyl (C=O) groups excluding carboxylic acids is 1. The van der Waals surface area contributed by atoms with Crippen molar-refractivity contribution in [3.63, 3.8) is 0 Å². The fraction of sp³-hybridized carbons (Fsp3) is 0.235. The summed E-state index contributed by atoms with van der Waals surface area (Å²) in [5, 5.41) is 0.701. The van der Waals surface area contributed by atoms with Gasteiger partial charge in [0.2, 0.25) is 5.91 Å². The molecule has 2 heterocycles. The molecule has 0 fully saturated rings. The number of hydrogen-bond acceptors (Lipinski definition) is 3. The Morgan fingerprint density at radius 2 is 1.96 bits per heavy atom. The summed E-state index contributed by atoms with van der Waals surface area (Å²) in [6.45, 7) is 0.226. The summed E-state index contributed by atoms with van der Waals surface area (Å²) < 4.78 is 1.88. The molecule has 3 aromatic rings. The van der Waals surface area contributed by atoms with Crippen LogP contribution in [0.25, 0.3) is 11.2 Å². The van der Waals surface area contributed by atoms with Gasteiger partial charge in [0.25, 0.3) is 0 Å². The fourth-order valence-corrected chi connectivity index (χ4v) is 2.49. The Labute approximate surface area is 139 Å². The number of imidazole rings is 1. The molecule has 6 heteroatoms. The molecule has 0 saturated heterocycles. The normalized spacial score (nSPS) is 10.9. The predicted octanol–water partition coefficient (Wildman–Crippen LogP) is 2.76. The summed E-state index contributed by atoms with van der Waals surface area (Å²) >= 11 is 5.93. The van der Waals surface area contributed by atoms with E-state index < -0.39 is 0 Å². The number of rotatable bonds is 4. The van der Waals surface area contributed by atoms with Gasteiger partial charge in [-0.1, -0.05) is 23.7 Å². The van der Waals surface area contributed by atoms with Crippen molar-refractivity contribution in [3.8, 4) is 0 Å². The number of carbonyl (C=O) groups is 1. The van der Waals surface area contributed by atoms with Crippen molar-refractivity contribution < 1.29 is 4.79 Å². The zero-order chi connectivity index (χ0) is 16.4. The highest BCUT2D eigenvalue weighted by atomic mass is 35.5. The smallest absolute Gasteiger partial charge is 0.242 e. The number of likely N-dealkylation sites (N-methyl/N-ethyl adjacent to an activating group) is 1. The Morgan fingerprint density at radius 3 is 2.65 bits per heavy atom. The maximum Gasteiger partial charge on any atom is 0.242 e. The van der Waals surface area contributed by atoms with Crippen molar-refractivity contribution in [2.75, 3.05) is 14.1 Å². The summed E-state index contributed by atoms with van der Waals surface area (Å²) in [4.78, 5) is 22.7. The van der Waals surface area contributed by atoms with Gasteiger partial charge < -0.3 is 9.47 Å². The van der Waals surface area contributed by atoms with Gasteiger partial charge in [-0.2, -0.15) is 0 Å². The van der Waals surface area contributed by atoms with Crippen LogP contribution >= 0.6 is 11.6 Å². The predicted molar refractivity (Wildman–Crippen MR) is 90.5 cm³/mol. The molecule has 0 bridgehead atoms. The van der Waals surface area contributed by atoms with E-state index in [-0.39, 0.29) is 12.5 Å². The molecule has 0 aliphatic heterocycles. The standard InChI is InChI=1S/C17H17ClN4O/c1-21(2)16(23)11-22-15(10-12-5-7-13(18)8-6-12)20-14-4-3-9-19-17(14)22/h3-9H,10-11H2,1-2H3. The first-order valence-electron chi connectivity index (χ1n) is 7.29. The van der Waals surface area contributed by atoms with Crippen LogP contribution in [0.4, 0.5) is 0 Å². The van der Waals surface area contributed by atoms with Gasteiger partial charge in [-0.25, -0.2) is 9.97 Å². The lowest BCUT2D eigenvalue weighted by molar-refractivity contribution is -0.129. The summed E-state index contributed by atoms with van der Waals surface area (Å²) in [6.07, 6.45) is 2.33. The molecule has 1 aromatic carbocycles. The molecule has 0 radical (unpaired) electrons. The van der Waals surface area contributed by atoms with Gasteiger partial charge in [0.15, 0.2) is 5.65 Å². The van der Waals surface area contributed by atoms with E-state index in [0.717, 1.165) is 22.6 Å². The van der Waals surface area contributed by atoms with Crippen LogP contribution in [0, 0.1) is 0 Å². The minimum absolute atomic E-state index is 0.00677. The van der Waals surface area contributed by atoms with Crippen LogP contribution in [0.2, 0.25) is 5.02 Å². The molecule has 118 valence electrons. The van der Waals surface area contributed by atoms with E-state index in [1.807, 2.05) is 41.0 Å². The monoisotopic (exact) mass is 328 g/mol. The second-order valence-electron chi connectivity index (χ2n) is 5.55. The Kier molecular flexibility index (Phi) is 4.30. The number of hydrogen-bond donors (Lipinski definition) is 0. The second-order valence-corrected chi connectivity index (χ2v) is 5.99. The molecule has 0 N–H and O–H groups in total. The third kappa shape index (κ3) is 3.35. The third-order valence-corrected chi connectivity index (χ3v) is 3.90. The molecular weight excluding hydrogens is 312 g/mol. The Bertz CT molecular complexity index is 839. The maximum absolute atomic E-state index is 12.1. The highest BCUT2D eigenvalue weighted by Crippen LogP contribution is 2.18. The summed E-state index contributed by atoms with van der Waals surface area (Å²) in [5.41, 5.74) is 2.61. The Morgan fingerprint density at radius 1 is 1.22 bits per heavy atom. The molecule has 0 spiro atoms. The zero-order valence-electron chi connectivity index (χ0n) is 13.0. The van der Waals surface area contributed by atoms with Crippen LogP contribution in [0.5, 0.6) is 0 Å². The van der Waals surface area contributed by atoms with Crippen LogP contribution in [0.15, 0.2) is 42.6 Å². The van der Waals surface area contributed by atoms with E-state index in [0.29, 0.717) is 11.4 Å². The van der Waals surface area contributed by atoms with Gasteiger partial charge in [0, 0.05) is 31.7 Å². The first-order chi connectivity index (χ1) is 11.0. The fourth-order valence-electron chi connectivity index (χ4n) is 2.37. The highest BCUT2D eigenvalue weighted by Gasteiger charge is 2.15. The van der Waals surface area contributed by atoms with Crippen molar-refractivity contribution in [3.05, 3.63) is 59.0 Å². The molecule has 1 amide bonds. The second kappa shape index (κ2) is 6.38. The summed E-state index contributed by atoms with van der Waals surface area (Å²) in [6, 6.07) is 11.4. The SMILES string of the molecule is CN(C)C(=O)Cn1c(Cc2ccc(Cl)cc2)nc2cccnc21. The Balaban J connectivity index is 2.01. The minimum atomic E-state index is 0.00677. The first-order valence-corrected chi connectivity index (χ1v) is 7.67. The molecule has 0 atom stereocenters. The van der Waals surface area contributed by atoms with Gasteiger partial charge in [-0.3, -0.25) is 4.79 Å². The van der Waals surface area contributed by atoms with Crippen LogP contribution in [-0.4, -0.2) is 39.4 Å². The van der Waals surface area contributed by atoms with E-state index in [4.69, 9.17) is 11.6 Å². The summed E-state index contributed by atoms with van der Waals surface area (Å²) in [5.74, 6) is 0.823. The molecule has 23 heavy (non-hydrogen) atoms. The van der Waals surface area contributed by atoms with Gasteiger partial charge in [0.1, 0.15) is 17.9 Å². The van der Waals surface area contributed by atoms with Gasteiger partial charge in [-0.05, 0) is 29.8 Å². The lowest BCUT2D eigenvalue weighted by Gasteiger charge is -2.13. The highest BCUT2D eigenvalue weighted by molar-refractivity contribution is 6.30. The van der Waals surface area contributed by atoms with E-state index in [9.17, 15) is 4.79 Å². The number of aromatic nitrogens is 3. The third-order valence-electron chi connectivity index (χ3n) is 3.65. The van der Waals surface area contributed by atoms with Crippen molar-refractivity contribution in [1.29, 1.82) is 0 Å². The molecule has 0 aliphatic rings. The van der Waals surface area contributed by atoms with Gasteiger partial charge >= 0.3 is 0 Å². The van der Waals surface area contributed by atoms with Crippen molar-refractivity contribution in [1.82, 2.24) is 19.4 Å². The van der Waals surface area contributed by atoms with Crippen LogP contribution in [0.1, 0.15) is 11.4 Å². The van der Waals surface area contributed by atoms with E-state index >= 15 is 0 Å². The van der Waals surface area contributed by atoms with Gasteiger partial charge in [0.05, 0.1) is 0 Å². The van der Waals surface area contributed by atoms with Crippen molar-refractivity contribution >= 4 is 28.7 Å². The average Bonchev–Trinajstić information content (AvgIpc) is 2.87. The average molecular weight is 329 g/mol. The lowest BCUT2D eigenvalue weighted by Crippen LogP contribution is -2.27. The number of benzene rings is 1. The van der Waals surface area contributed by atoms with E-state index in [1.165, 1.54) is 0 Å². The summed E-state index contributed by atoms with van der Waals surface area (Å²) in [7, 11) is 3.49. The molecular formula is C17H17ClN4O. The first kappa shape index (κ1) is 15.5. The minimum Gasteiger partial charge on any atom is -0.347 e. The largest absolute Gasteiger partial charge is 0.347 e. The Hall–Kier alpha value is -2.40. The number of amides is 1. The van der Waals surface area contributed by atoms with E-state index in [2.05, 4.69) is 9.97 Å². The molecule has 2 aromatic heterocycles. The van der Waals surface area contributed by atoms with E-state index in [1.54, 1.807) is 25.2 Å². The van der Waals surface area contributed by atoms with Gasteiger partial charge in [-0.15, -0.1) is 0 Å². The molecule has 0 saturated carbocycles. The quantitative estimate of drug-likeness (QED) is 0.740. The maximum atomic E-state index is 12.1. The molecule has 0 unspecified atom stereocenters. The molecule has 3 rings (SSSR count). The van der Waals surface area contributed by atoms with Crippen LogP contribution in [-0.2, 0) is 17.8 Å². The topological polar surface area (TPSA) is 51.0 Å². The van der Waals surface area contributed by atoms with Crippen LogP contribution in [0.3, 0.4) is 0 Å². The lowest BCUT2D eigenvalue weighted by atomic mass is 10.1. The zero-order valence-corrected chi connectivity index (χ0v) is 13.8. The van der Waals surface area contributed by atoms with Crippen LogP contribution < -0.4 is 0 Å². The number of fused-ring (bicyclic) bond motifs is 1. The van der Waals surface area contributed by atoms with Crippen molar-refractivity contribution in [2.24, 2.45) is 0 Å². The molecule has 5 nitrogen and oxygen atoms in total. The molecule has 0 aliphatic carbocycles. The van der Waals surface area contributed by atoms with Crippen molar-refractivity contribution in [2.45, 2.75) is 13.0 Å². The number of nitrogens with zero attached hydrogens (tertiary/aromatic N) is 4. The number of halogens is 1.